The van der Waals surface area contributed by atoms with Crippen LogP contribution in [0.3, 0.4) is 0 Å². The van der Waals surface area contributed by atoms with Crippen LogP contribution in [0, 0.1) is 5.92 Å². The van der Waals surface area contributed by atoms with Crippen molar-refractivity contribution in [3.8, 4) is 0 Å². The molecule has 1 aliphatic carbocycles. The molecule has 0 spiro atoms. The van der Waals surface area contributed by atoms with Crippen LogP contribution in [0.2, 0.25) is 0 Å². The summed E-state index contributed by atoms with van der Waals surface area (Å²) in [5.41, 5.74) is -2.05. The van der Waals surface area contributed by atoms with Gasteiger partial charge >= 0.3 is 20.0 Å². The molecule has 0 aromatic carbocycles. The van der Waals surface area contributed by atoms with Crippen molar-refractivity contribution in [1.82, 2.24) is 9.55 Å². The maximum Gasteiger partial charge on any atom is 0.328 e. The van der Waals surface area contributed by atoms with Gasteiger partial charge in [-0.05, 0) is 51.3 Å². The molecule has 1 saturated carbocycles. The Kier molecular flexibility index (Phi) is 8.05. The molecule has 11 nitrogen and oxygen atoms in total. The molecule has 0 saturated heterocycles. The van der Waals surface area contributed by atoms with Crippen LogP contribution >= 0.6 is 14.3 Å². The van der Waals surface area contributed by atoms with E-state index in [-0.39, 0.29) is 19.0 Å². The van der Waals surface area contributed by atoms with Gasteiger partial charge in [0.25, 0.3) is 5.56 Å². The van der Waals surface area contributed by atoms with Crippen LogP contribution in [0.25, 0.3) is 0 Å². The number of methoxy groups -OCH3 is 1. The van der Waals surface area contributed by atoms with Gasteiger partial charge in [-0.2, -0.15) is 0 Å². The number of ether oxygens (including phenoxy) is 1. The topological polar surface area (TPSA) is 160 Å². The number of aromatic amines is 1. The van der Waals surface area contributed by atoms with Crippen molar-refractivity contribution in [2.45, 2.75) is 57.5 Å². The van der Waals surface area contributed by atoms with Crippen molar-refractivity contribution in [2.24, 2.45) is 5.92 Å². The molecule has 0 radical (unpaired) electrons. The van der Waals surface area contributed by atoms with E-state index in [0.29, 0.717) is 0 Å². The zero-order valence-corrected chi connectivity index (χ0v) is 19.7. The first-order valence-electron chi connectivity index (χ1n) is 9.23. The lowest BCUT2D eigenvalue weighted by atomic mass is 10.0. The number of hydrogen-bond donors (Lipinski definition) is 4. The Hall–Kier alpha value is -0.680. The van der Waals surface area contributed by atoms with Crippen LogP contribution in [0.15, 0.2) is 21.9 Å². The highest BCUT2D eigenvalue weighted by molar-refractivity contribution is 8.07. The Labute approximate surface area is 178 Å². The van der Waals surface area contributed by atoms with E-state index in [2.05, 4.69) is 4.98 Å². The Morgan fingerprint density at radius 1 is 1.27 bits per heavy atom. The zero-order chi connectivity index (χ0) is 22.9. The first kappa shape index (κ1) is 25.6. The minimum atomic E-state index is -4.25. The van der Waals surface area contributed by atoms with Crippen molar-refractivity contribution in [3.63, 3.8) is 0 Å². The van der Waals surface area contributed by atoms with E-state index in [1.807, 2.05) is 0 Å². The van der Waals surface area contributed by atoms with E-state index in [4.69, 9.17) is 25.6 Å². The van der Waals surface area contributed by atoms with Crippen molar-refractivity contribution in [1.29, 1.82) is 0 Å². The molecule has 0 aliphatic heterocycles. The summed E-state index contributed by atoms with van der Waals surface area (Å²) < 4.78 is 29.4. The molecule has 172 valence electrons. The average molecular weight is 486 g/mol. The second-order valence-corrected chi connectivity index (χ2v) is 12.7. The fraction of sp³-hybridized carbons (Fsp3) is 0.750. The maximum absolute atomic E-state index is 12.4. The van der Waals surface area contributed by atoms with E-state index in [1.54, 1.807) is 20.8 Å². The lowest BCUT2D eigenvalue weighted by molar-refractivity contribution is -0.0274. The lowest BCUT2D eigenvalue weighted by Gasteiger charge is -2.32. The molecule has 5 atom stereocenters. The maximum atomic E-state index is 12.4. The molecule has 1 unspecified atom stereocenters. The highest BCUT2D eigenvalue weighted by atomic mass is 32.5. The molecule has 1 fully saturated rings. The first-order chi connectivity index (χ1) is 13.6. The largest absolute Gasteiger partial charge is 0.378 e. The van der Waals surface area contributed by atoms with Crippen LogP contribution in [0.5, 0.6) is 0 Å². The normalized spacial score (nSPS) is 27.2. The van der Waals surface area contributed by atoms with E-state index in [0.717, 1.165) is 0 Å². The predicted molar refractivity (Wildman–Crippen MR) is 113 cm³/mol. The van der Waals surface area contributed by atoms with Crippen molar-refractivity contribution in [3.05, 3.63) is 33.1 Å². The Morgan fingerprint density at radius 2 is 1.90 bits per heavy atom. The second kappa shape index (κ2) is 9.44. The number of nitrogens with one attached hydrogen (secondary N) is 1. The van der Waals surface area contributed by atoms with Gasteiger partial charge in [0.2, 0.25) is 0 Å². The number of rotatable bonds is 8. The fourth-order valence-corrected chi connectivity index (χ4v) is 6.56. The van der Waals surface area contributed by atoms with E-state index in [9.17, 15) is 28.8 Å². The third kappa shape index (κ3) is 7.19. The second-order valence-electron chi connectivity index (χ2n) is 8.20. The van der Waals surface area contributed by atoms with Gasteiger partial charge in [0.05, 0.1) is 23.9 Å². The summed E-state index contributed by atoms with van der Waals surface area (Å²) in [7, 11) is -2.85. The average Bonchev–Trinajstić information content (AvgIpc) is 2.86. The van der Waals surface area contributed by atoms with Gasteiger partial charge < -0.3 is 28.5 Å². The van der Waals surface area contributed by atoms with Crippen molar-refractivity contribution in [2.75, 3.05) is 13.3 Å². The Morgan fingerprint density at radius 3 is 2.40 bits per heavy atom. The molecular formula is C16H28N2O9P2S. The number of nitrogens with zero attached hydrogens (tertiary/aromatic N) is 1. The summed E-state index contributed by atoms with van der Waals surface area (Å²) >= 11 is 5.14. The quantitative estimate of drug-likeness (QED) is 0.392. The lowest BCUT2D eigenvalue weighted by Crippen LogP contribution is -2.39. The van der Waals surface area contributed by atoms with Gasteiger partial charge in [0, 0.05) is 19.4 Å². The highest BCUT2D eigenvalue weighted by Gasteiger charge is 2.48. The van der Waals surface area contributed by atoms with E-state index in [1.165, 1.54) is 23.9 Å². The number of H-pyrrole nitrogens is 1. The van der Waals surface area contributed by atoms with Gasteiger partial charge in [0.1, 0.15) is 6.10 Å². The van der Waals surface area contributed by atoms with Gasteiger partial charge in [0.15, 0.2) is 0 Å². The molecule has 1 aromatic heterocycles. The molecular weight excluding hydrogens is 458 g/mol. The van der Waals surface area contributed by atoms with Crippen LogP contribution in [0.4, 0.5) is 0 Å². The van der Waals surface area contributed by atoms with Crippen LogP contribution in [-0.2, 0) is 30.2 Å². The van der Waals surface area contributed by atoms with Crippen molar-refractivity contribution < 1.29 is 33.0 Å². The molecule has 4 N–H and O–H groups in total. The fourth-order valence-electron chi connectivity index (χ4n) is 3.62. The van der Waals surface area contributed by atoms with Gasteiger partial charge in [-0.25, -0.2) is 4.79 Å². The number of hydrogen-bond acceptors (Lipinski definition) is 7. The smallest absolute Gasteiger partial charge is 0.328 e. The molecule has 14 heteroatoms. The SMILES string of the molecule is CO[C@@H]1[C@@H](CCP(=O)(O)O)C[C@H](n2ccc(=O)[nH]c2=O)[C@@H]1OP(O)(=S)OC(C)(C)C. The molecule has 2 rings (SSSR count). The van der Waals surface area contributed by atoms with Gasteiger partial charge in [-0.3, -0.25) is 18.9 Å². The molecule has 1 heterocycles. The highest BCUT2D eigenvalue weighted by Crippen LogP contribution is 2.54. The van der Waals surface area contributed by atoms with E-state index < -0.39 is 55.3 Å². The summed E-state index contributed by atoms with van der Waals surface area (Å²) in [4.78, 5) is 55.1. The summed E-state index contributed by atoms with van der Waals surface area (Å²) in [6, 6.07) is 0.461. The summed E-state index contributed by atoms with van der Waals surface area (Å²) in [6.45, 7) is 1.33. The molecule has 30 heavy (non-hydrogen) atoms. The van der Waals surface area contributed by atoms with Crippen molar-refractivity contribution >= 4 is 26.1 Å². The third-order valence-corrected chi connectivity index (χ3v) is 7.24. The van der Waals surface area contributed by atoms with Crippen LogP contribution in [-0.4, -0.2) is 55.3 Å². The Bertz CT molecular complexity index is 951. The van der Waals surface area contributed by atoms with Crippen LogP contribution in [0.1, 0.15) is 39.7 Å². The monoisotopic (exact) mass is 486 g/mol. The van der Waals surface area contributed by atoms with Gasteiger partial charge in [-0.15, -0.1) is 0 Å². The minimum absolute atomic E-state index is 0.103. The Balaban J connectivity index is 2.42. The molecule has 1 aromatic rings. The molecule has 1 aliphatic rings. The first-order valence-corrected chi connectivity index (χ1v) is 13.6. The minimum Gasteiger partial charge on any atom is -0.378 e. The summed E-state index contributed by atoms with van der Waals surface area (Å²) in [5, 5.41) is 0. The van der Waals surface area contributed by atoms with Crippen LogP contribution < -0.4 is 11.2 Å². The van der Waals surface area contributed by atoms with Gasteiger partial charge in [-0.1, -0.05) is 0 Å². The summed E-state index contributed by atoms with van der Waals surface area (Å²) in [6.07, 6.45) is -0.391. The van der Waals surface area contributed by atoms with E-state index >= 15 is 0 Å². The molecule has 0 amide bonds. The summed E-state index contributed by atoms with van der Waals surface area (Å²) in [5.74, 6) is -0.402. The standard InChI is InChI=1S/C16H28N2O9P2S/c1-16(2,3)27-29(24,30)26-14-11(18-7-5-12(19)17-15(18)20)9-10(13(14)25-4)6-8-28(21,22)23/h5,7,10-11,13-14H,6,8-9H2,1-4H3,(H,24,30)(H,17,19,20)(H2,21,22,23)/t10-,11-,13+,14-,29?/m0/s1. The number of aromatic nitrogens is 2. The third-order valence-electron chi connectivity index (χ3n) is 4.63. The zero-order valence-electron chi connectivity index (χ0n) is 17.1. The molecule has 0 bridgehead atoms. The predicted octanol–water partition coefficient (Wildman–Crippen LogP) is 1.10.